The number of nitrogens with zero attached hydrogens (tertiary/aromatic N) is 2. The maximum absolute atomic E-state index is 12.5. The van der Waals surface area contributed by atoms with Gasteiger partial charge >= 0.3 is 0 Å². The van der Waals surface area contributed by atoms with E-state index in [1.165, 1.54) is 0 Å². The second-order valence-electron chi connectivity index (χ2n) is 4.71. The van der Waals surface area contributed by atoms with E-state index in [0.717, 1.165) is 5.56 Å². The van der Waals surface area contributed by atoms with Crippen molar-refractivity contribution in [3.63, 3.8) is 0 Å². The van der Waals surface area contributed by atoms with Gasteiger partial charge in [0.25, 0.3) is 5.91 Å². The lowest BCUT2D eigenvalue weighted by Gasteiger charge is -2.17. The number of carbonyl (C=O) groups excluding carboxylic acids is 1. The zero-order valence-corrected chi connectivity index (χ0v) is 12.1. The molecule has 108 valence electrons. The van der Waals surface area contributed by atoms with E-state index in [-0.39, 0.29) is 12.7 Å². The van der Waals surface area contributed by atoms with Gasteiger partial charge in [-0.3, -0.25) is 9.78 Å². The summed E-state index contributed by atoms with van der Waals surface area (Å²) in [4.78, 5) is 18.0. The molecule has 5 nitrogen and oxygen atoms in total. The summed E-state index contributed by atoms with van der Waals surface area (Å²) in [5.41, 5.74) is 1.48. The zero-order valence-electron chi connectivity index (χ0n) is 11.4. The molecule has 0 radical (unpaired) electrons. The normalized spacial score (nSPS) is 12.3. The summed E-state index contributed by atoms with van der Waals surface area (Å²) in [5.74, 6) is 0.861. The molecule has 1 aromatic carbocycles. The van der Waals surface area contributed by atoms with Crippen molar-refractivity contribution in [2.75, 3.05) is 13.8 Å². The minimum Gasteiger partial charge on any atom is -0.454 e. The molecule has 0 spiro atoms. The van der Waals surface area contributed by atoms with Crippen molar-refractivity contribution in [3.8, 4) is 11.5 Å². The third-order valence-electron chi connectivity index (χ3n) is 3.19. The van der Waals surface area contributed by atoms with E-state index in [0.29, 0.717) is 28.6 Å². The van der Waals surface area contributed by atoms with E-state index in [1.54, 1.807) is 36.5 Å². The van der Waals surface area contributed by atoms with Crippen molar-refractivity contribution < 1.29 is 14.3 Å². The van der Waals surface area contributed by atoms with E-state index in [1.807, 2.05) is 12.1 Å². The Kier molecular flexibility index (Phi) is 3.66. The number of pyridine rings is 1. The van der Waals surface area contributed by atoms with Crippen LogP contribution in [0.5, 0.6) is 11.5 Å². The molecular formula is C15H13ClN2O3. The first-order valence-electron chi connectivity index (χ1n) is 6.38. The number of rotatable bonds is 3. The van der Waals surface area contributed by atoms with Crippen molar-refractivity contribution in [1.82, 2.24) is 9.88 Å². The summed E-state index contributed by atoms with van der Waals surface area (Å²) in [6.45, 7) is 0.618. The van der Waals surface area contributed by atoms with Crippen LogP contribution in [0.2, 0.25) is 5.02 Å². The largest absolute Gasteiger partial charge is 0.454 e. The highest BCUT2D eigenvalue weighted by Gasteiger charge is 2.22. The smallest absolute Gasteiger partial charge is 0.254 e. The minimum absolute atomic E-state index is 0.125. The maximum Gasteiger partial charge on any atom is 0.254 e. The Balaban J connectivity index is 1.80. The first-order chi connectivity index (χ1) is 10.1. The van der Waals surface area contributed by atoms with Crippen LogP contribution in [0.25, 0.3) is 0 Å². The standard InChI is InChI=1S/C15H13ClN2O3/c1-18(8-10-2-4-17-5-3-10)15(19)11-6-12(16)14-13(7-11)20-9-21-14/h2-7H,8-9H2,1H3. The van der Waals surface area contributed by atoms with Gasteiger partial charge in [0.15, 0.2) is 11.5 Å². The number of fused-ring (bicyclic) bond motifs is 1. The molecule has 0 saturated heterocycles. The van der Waals surface area contributed by atoms with Crippen LogP contribution in [-0.2, 0) is 6.54 Å². The Labute approximate surface area is 127 Å². The summed E-state index contributed by atoms with van der Waals surface area (Å²) in [6.07, 6.45) is 3.40. The van der Waals surface area contributed by atoms with E-state index in [2.05, 4.69) is 4.98 Å². The Hall–Kier alpha value is -2.27. The molecule has 3 rings (SSSR count). The van der Waals surface area contributed by atoms with Gasteiger partial charge in [0, 0.05) is 31.5 Å². The quantitative estimate of drug-likeness (QED) is 0.875. The van der Waals surface area contributed by atoms with Crippen molar-refractivity contribution >= 4 is 17.5 Å². The molecule has 0 N–H and O–H groups in total. The highest BCUT2D eigenvalue weighted by Crippen LogP contribution is 2.40. The number of hydrogen-bond acceptors (Lipinski definition) is 4. The molecule has 2 heterocycles. The van der Waals surface area contributed by atoms with Crippen LogP contribution < -0.4 is 9.47 Å². The molecule has 0 fully saturated rings. The first-order valence-corrected chi connectivity index (χ1v) is 6.76. The first kappa shape index (κ1) is 13.7. The van der Waals surface area contributed by atoms with Crippen LogP contribution >= 0.6 is 11.6 Å². The van der Waals surface area contributed by atoms with Gasteiger partial charge in [0.1, 0.15) is 0 Å². The van der Waals surface area contributed by atoms with Gasteiger partial charge in [-0.1, -0.05) is 11.6 Å². The number of halogens is 1. The van der Waals surface area contributed by atoms with Gasteiger partial charge < -0.3 is 14.4 Å². The Morgan fingerprint density at radius 3 is 2.86 bits per heavy atom. The molecular weight excluding hydrogens is 292 g/mol. The van der Waals surface area contributed by atoms with Crippen LogP contribution in [0.4, 0.5) is 0 Å². The average Bonchev–Trinajstić information content (AvgIpc) is 2.96. The summed E-state index contributed by atoms with van der Waals surface area (Å²) < 4.78 is 10.5. The van der Waals surface area contributed by atoms with Crippen molar-refractivity contribution in [1.29, 1.82) is 0 Å². The fourth-order valence-corrected chi connectivity index (χ4v) is 2.41. The van der Waals surface area contributed by atoms with E-state index < -0.39 is 0 Å². The number of aromatic nitrogens is 1. The van der Waals surface area contributed by atoms with Crippen LogP contribution in [0.15, 0.2) is 36.7 Å². The second kappa shape index (κ2) is 5.61. The predicted octanol–water partition coefficient (Wildman–Crippen LogP) is 2.74. The summed E-state index contributed by atoms with van der Waals surface area (Å²) in [6, 6.07) is 6.99. The Morgan fingerprint density at radius 2 is 2.10 bits per heavy atom. The average molecular weight is 305 g/mol. The lowest BCUT2D eigenvalue weighted by Crippen LogP contribution is -2.26. The number of ether oxygens (including phenoxy) is 2. The number of amides is 1. The van der Waals surface area contributed by atoms with Crippen LogP contribution in [0.3, 0.4) is 0 Å². The molecule has 0 unspecified atom stereocenters. The van der Waals surface area contributed by atoms with Gasteiger partial charge in [0.05, 0.1) is 5.02 Å². The highest BCUT2D eigenvalue weighted by atomic mass is 35.5. The summed E-state index contributed by atoms with van der Waals surface area (Å²) in [7, 11) is 1.74. The van der Waals surface area contributed by atoms with E-state index in [9.17, 15) is 4.79 Å². The Morgan fingerprint density at radius 1 is 1.33 bits per heavy atom. The monoisotopic (exact) mass is 304 g/mol. The summed E-state index contributed by atoms with van der Waals surface area (Å²) in [5, 5.41) is 0.380. The van der Waals surface area contributed by atoms with Gasteiger partial charge in [0.2, 0.25) is 6.79 Å². The number of hydrogen-bond donors (Lipinski definition) is 0. The fourth-order valence-electron chi connectivity index (χ4n) is 2.15. The van der Waals surface area contributed by atoms with Crippen LogP contribution in [0.1, 0.15) is 15.9 Å². The zero-order chi connectivity index (χ0) is 14.8. The summed E-state index contributed by atoms with van der Waals surface area (Å²) >= 11 is 6.10. The molecule has 2 aromatic rings. The van der Waals surface area contributed by atoms with Crippen molar-refractivity contribution in [3.05, 3.63) is 52.8 Å². The Bertz CT molecular complexity index is 676. The van der Waals surface area contributed by atoms with E-state index >= 15 is 0 Å². The maximum atomic E-state index is 12.5. The van der Waals surface area contributed by atoms with E-state index in [4.69, 9.17) is 21.1 Å². The molecule has 21 heavy (non-hydrogen) atoms. The lowest BCUT2D eigenvalue weighted by molar-refractivity contribution is 0.0784. The molecule has 1 aromatic heterocycles. The van der Waals surface area contributed by atoms with Gasteiger partial charge in [-0.15, -0.1) is 0 Å². The third kappa shape index (κ3) is 2.78. The third-order valence-corrected chi connectivity index (χ3v) is 3.47. The van der Waals surface area contributed by atoms with Crippen molar-refractivity contribution in [2.24, 2.45) is 0 Å². The molecule has 0 aliphatic carbocycles. The SMILES string of the molecule is CN(Cc1ccncc1)C(=O)c1cc(Cl)c2c(c1)OCO2. The molecule has 6 heteroatoms. The fraction of sp³-hybridized carbons (Fsp3) is 0.200. The molecule has 0 atom stereocenters. The molecule has 1 aliphatic heterocycles. The number of benzene rings is 1. The molecule has 0 saturated carbocycles. The van der Waals surface area contributed by atoms with Gasteiger partial charge in [-0.05, 0) is 29.8 Å². The minimum atomic E-state index is -0.132. The van der Waals surface area contributed by atoms with Crippen molar-refractivity contribution in [2.45, 2.75) is 6.54 Å². The predicted molar refractivity (Wildman–Crippen MR) is 77.6 cm³/mol. The second-order valence-corrected chi connectivity index (χ2v) is 5.12. The molecule has 1 amide bonds. The molecule has 0 bridgehead atoms. The topological polar surface area (TPSA) is 51.7 Å². The van der Waals surface area contributed by atoms with Crippen LogP contribution in [0, 0.1) is 0 Å². The van der Waals surface area contributed by atoms with Gasteiger partial charge in [-0.2, -0.15) is 0 Å². The molecule has 1 aliphatic rings. The highest BCUT2D eigenvalue weighted by molar-refractivity contribution is 6.32. The van der Waals surface area contributed by atoms with Gasteiger partial charge in [-0.25, -0.2) is 0 Å². The lowest BCUT2D eigenvalue weighted by atomic mass is 10.1. The van der Waals surface area contributed by atoms with Crippen LogP contribution in [-0.4, -0.2) is 29.6 Å². The number of carbonyl (C=O) groups is 1.